The van der Waals surface area contributed by atoms with Crippen LogP contribution in [0.1, 0.15) is 12.0 Å². The molecule has 0 N–H and O–H groups in total. The highest BCUT2D eigenvalue weighted by atomic mass is 35.5. The van der Waals surface area contributed by atoms with Gasteiger partial charge in [-0.05, 0) is 36.2 Å². The van der Waals surface area contributed by atoms with Gasteiger partial charge in [0.15, 0.2) is 5.79 Å². The fraction of sp³-hybridized carbons (Fsp3) is 0.318. The average Bonchev–Trinajstić information content (AvgIpc) is 3.38. The van der Waals surface area contributed by atoms with Crippen molar-refractivity contribution in [3.8, 4) is 0 Å². The average molecular weight is 484 g/mol. The van der Waals surface area contributed by atoms with Gasteiger partial charge in [-0.1, -0.05) is 53.0 Å². The third-order valence-electron chi connectivity index (χ3n) is 4.94. The highest BCUT2D eigenvalue weighted by Gasteiger charge is 2.41. The lowest BCUT2D eigenvalue weighted by molar-refractivity contribution is -0.180. The van der Waals surface area contributed by atoms with Crippen molar-refractivity contribution in [2.75, 3.05) is 12.4 Å². The number of aryl methyl sites for hydroxylation is 1. The lowest BCUT2D eigenvalue weighted by Gasteiger charge is -2.28. The molecular formula is C22H21Cl3N2O2S. The summed E-state index contributed by atoms with van der Waals surface area (Å²) in [5, 5.41) is 2.04. The number of ether oxygens (including phenoxy) is 2. The van der Waals surface area contributed by atoms with Crippen LogP contribution in [0.15, 0.2) is 66.1 Å². The fourth-order valence-electron chi connectivity index (χ4n) is 3.43. The summed E-state index contributed by atoms with van der Waals surface area (Å²) < 4.78 is 14.7. The van der Waals surface area contributed by atoms with E-state index in [1.54, 1.807) is 24.3 Å². The number of aromatic nitrogens is 2. The van der Waals surface area contributed by atoms with Gasteiger partial charge >= 0.3 is 0 Å². The number of benzene rings is 2. The van der Waals surface area contributed by atoms with E-state index in [9.17, 15) is 0 Å². The molecule has 2 unspecified atom stereocenters. The van der Waals surface area contributed by atoms with Gasteiger partial charge in [0.25, 0.3) is 0 Å². The van der Waals surface area contributed by atoms with Crippen molar-refractivity contribution in [2.45, 2.75) is 36.2 Å². The Balaban J connectivity index is 1.43. The van der Waals surface area contributed by atoms with Gasteiger partial charge in [-0.25, -0.2) is 4.98 Å². The second-order valence-electron chi connectivity index (χ2n) is 7.18. The molecule has 3 aromatic rings. The van der Waals surface area contributed by atoms with Crippen LogP contribution in [0.25, 0.3) is 0 Å². The summed E-state index contributed by atoms with van der Waals surface area (Å²) in [5.74, 6) is -0.00802. The quantitative estimate of drug-likeness (QED) is 0.348. The molecule has 0 spiro atoms. The van der Waals surface area contributed by atoms with Gasteiger partial charge in [0.2, 0.25) is 0 Å². The van der Waals surface area contributed by atoms with Gasteiger partial charge in [-0.2, -0.15) is 0 Å². The number of nitrogens with zero attached hydrogens (tertiary/aromatic N) is 2. The third-order valence-corrected chi connectivity index (χ3v) is 7.31. The van der Waals surface area contributed by atoms with E-state index in [1.165, 1.54) is 5.56 Å². The van der Waals surface area contributed by atoms with E-state index in [-0.39, 0.29) is 6.10 Å². The molecule has 2 aromatic carbocycles. The minimum absolute atomic E-state index is 0.0592. The SMILES string of the molecule is Clc1ccc(CCC2(Cn3ccnc3)OCC(CSc3c(Cl)cccc3Cl)O2)cc1. The molecule has 4 nitrogen and oxygen atoms in total. The number of halogens is 3. The highest BCUT2D eigenvalue weighted by Crippen LogP contribution is 2.37. The minimum Gasteiger partial charge on any atom is -0.345 e. The molecular weight excluding hydrogens is 463 g/mol. The van der Waals surface area contributed by atoms with Crippen molar-refractivity contribution in [2.24, 2.45) is 0 Å². The topological polar surface area (TPSA) is 36.3 Å². The monoisotopic (exact) mass is 482 g/mol. The van der Waals surface area contributed by atoms with Gasteiger partial charge in [0.1, 0.15) is 0 Å². The maximum atomic E-state index is 6.47. The van der Waals surface area contributed by atoms with E-state index >= 15 is 0 Å². The summed E-state index contributed by atoms with van der Waals surface area (Å²) in [7, 11) is 0. The molecule has 1 saturated heterocycles. The summed E-state index contributed by atoms with van der Waals surface area (Å²) >= 11 is 20.2. The number of thioether (sulfide) groups is 1. The Labute approximate surface area is 195 Å². The van der Waals surface area contributed by atoms with Gasteiger partial charge < -0.3 is 14.0 Å². The zero-order chi connectivity index (χ0) is 21.0. The lowest BCUT2D eigenvalue weighted by Crippen LogP contribution is -2.37. The zero-order valence-electron chi connectivity index (χ0n) is 16.1. The molecule has 4 rings (SSSR count). The number of rotatable bonds is 8. The van der Waals surface area contributed by atoms with E-state index in [4.69, 9.17) is 44.3 Å². The molecule has 30 heavy (non-hydrogen) atoms. The smallest absolute Gasteiger partial charge is 0.187 e. The zero-order valence-corrected chi connectivity index (χ0v) is 19.2. The van der Waals surface area contributed by atoms with E-state index in [0.29, 0.717) is 28.9 Å². The van der Waals surface area contributed by atoms with Crippen LogP contribution in [-0.2, 0) is 22.4 Å². The Morgan fingerprint density at radius 2 is 1.87 bits per heavy atom. The Bertz CT molecular complexity index is 949. The molecule has 2 atom stereocenters. The van der Waals surface area contributed by atoms with Gasteiger partial charge in [-0.3, -0.25) is 0 Å². The third kappa shape index (κ3) is 5.52. The molecule has 1 aliphatic heterocycles. The van der Waals surface area contributed by atoms with Crippen molar-refractivity contribution >= 4 is 46.6 Å². The first-order chi connectivity index (χ1) is 14.5. The summed E-state index contributed by atoms with van der Waals surface area (Å²) in [6.45, 7) is 1.10. The molecule has 2 heterocycles. The number of hydrogen-bond donors (Lipinski definition) is 0. The van der Waals surface area contributed by atoms with E-state index in [2.05, 4.69) is 4.98 Å². The van der Waals surface area contributed by atoms with Crippen LogP contribution in [0.2, 0.25) is 15.1 Å². The molecule has 0 amide bonds. The van der Waals surface area contributed by atoms with Crippen LogP contribution in [0, 0.1) is 0 Å². The first-order valence-corrected chi connectivity index (χ1v) is 11.7. The molecule has 0 radical (unpaired) electrons. The van der Waals surface area contributed by atoms with E-state index in [0.717, 1.165) is 22.8 Å². The maximum absolute atomic E-state index is 6.47. The highest BCUT2D eigenvalue weighted by molar-refractivity contribution is 7.99. The number of imidazole rings is 1. The van der Waals surface area contributed by atoms with Crippen molar-refractivity contribution in [3.05, 3.63) is 81.8 Å². The van der Waals surface area contributed by atoms with Gasteiger partial charge in [0, 0.05) is 34.5 Å². The molecule has 0 saturated carbocycles. The molecule has 1 aromatic heterocycles. The van der Waals surface area contributed by atoms with E-state index < -0.39 is 5.79 Å². The second-order valence-corrected chi connectivity index (χ2v) is 9.47. The molecule has 1 fully saturated rings. The Hall–Kier alpha value is -1.21. The lowest BCUT2D eigenvalue weighted by atomic mass is 10.0. The number of hydrogen-bond acceptors (Lipinski definition) is 4. The minimum atomic E-state index is -0.712. The predicted octanol–water partition coefficient (Wildman–Crippen LogP) is 6.38. The fourth-order valence-corrected chi connectivity index (χ4v) is 5.21. The standard InChI is InChI=1S/C22H21Cl3N2O2S/c23-17-6-4-16(5-7-17)8-9-22(14-27-11-10-26-15-27)28-12-18(29-22)13-30-21-19(24)2-1-3-20(21)25/h1-7,10-11,15,18H,8-9,12-14H2. The second kappa shape index (κ2) is 9.94. The van der Waals surface area contributed by atoms with Crippen LogP contribution in [-0.4, -0.2) is 33.8 Å². The van der Waals surface area contributed by atoms with Crippen LogP contribution in [0.3, 0.4) is 0 Å². The molecule has 0 aliphatic carbocycles. The van der Waals surface area contributed by atoms with Gasteiger partial charge in [-0.15, -0.1) is 11.8 Å². The van der Waals surface area contributed by atoms with Crippen LogP contribution in [0.5, 0.6) is 0 Å². The molecule has 158 valence electrons. The summed E-state index contributed by atoms with van der Waals surface area (Å²) in [6.07, 6.45) is 6.94. The summed E-state index contributed by atoms with van der Waals surface area (Å²) in [6, 6.07) is 13.4. The van der Waals surface area contributed by atoms with Crippen LogP contribution in [0.4, 0.5) is 0 Å². The first kappa shape index (κ1) is 22.0. The maximum Gasteiger partial charge on any atom is 0.187 e. The first-order valence-electron chi connectivity index (χ1n) is 9.62. The van der Waals surface area contributed by atoms with Gasteiger partial charge in [0.05, 0.1) is 35.6 Å². The molecule has 8 heteroatoms. The summed E-state index contributed by atoms with van der Waals surface area (Å²) in [4.78, 5) is 5.01. The Kier molecular flexibility index (Phi) is 7.29. The van der Waals surface area contributed by atoms with E-state index in [1.807, 2.05) is 53.2 Å². The van der Waals surface area contributed by atoms with Crippen molar-refractivity contribution in [1.82, 2.24) is 9.55 Å². The van der Waals surface area contributed by atoms with Crippen molar-refractivity contribution < 1.29 is 9.47 Å². The van der Waals surface area contributed by atoms with Crippen molar-refractivity contribution in [3.63, 3.8) is 0 Å². The van der Waals surface area contributed by atoms with Crippen molar-refractivity contribution in [1.29, 1.82) is 0 Å². The summed E-state index contributed by atoms with van der Waals surface area (Å²) in [5.41, 5.74) is 1.19. The Morgan fingerprint density at radius 3 is 2.57 bits per heavy atom. The normalized spacial score (nSPS) is 21.2. The molecule has 0 bridgehead atoms. The van der Waals surface area contributed by atoms with Crippen LogP contribution >= 0.6 is 46.6 Å². The van der Waals surface area contributed by atoms with Crippen LogP contribution < -0.4 is 0 Å². The Morgan fingerprint density at radius 1 is 1.10 bits per heavy atom. The molecule has 1 aliphatic rings. The largest absolute Gasteiger partial charge is 0.345 e. The predicted molar refractivity (Wildman–Crippen MR) is 123 cm³/mol.